The number of nitrogens with zero attached hydrogens (tertiary/aromatic N) is 2. The first kappa shape index (κ1) is 14.8. The number of rotatable bonds is 7. The molecule has 0 saturated heterocycles. The first-order valence-electron chi connectivity index (χ1n) is 6.93. The summed E-state index contributed by atoms with van der Waals surface area (Å²) in [5.74, 6) is 1.91. The Morgan fingerprint density at radius 2 is 2.00 bits per heavy atom. The maximum absolute atomic E-state index is 5.71. The van der Waals surface area contributed by atoms with Crippen LogP contribution in [-0.2, 0) is 0 Å². The highest BCUT2D eigenvalue weighted by Crippen LogP contribution is 2.22. The molecule has 0 fully saturated rings. The summed E-state index contributed by atoms with van der Waals surface area (Å²) in [6, 6.07) is 9.42. The van der Waals surface area contributed by atoms with Crippen LogP contribution in [0.3, 0.4) is 0 Å². The Kier molecular flexibility index (Phi) is 5.15. The smallest absolute Gasteiger partial charge is 0.224 e. The average molecular weight is 284 g/mol. The van der Waals surface area contributed by atoms with Crippen LogP contribution in [-0.4, -0.2) is 17.0 Å². The molecule has 0 radical (unpaired) electrons. The van der Waals surface area contributed by atoms with Gasteiger partial charge in [0, 0.05) is 24.5 Å². The summed E-state index contributed by atoms with van der Waals surface area (Å²) >= 11 is 0. The van der Waals surface area contributed by atoms with Gasteiger partial charge < -0.3 is 15.4 Å². The van der Waals surface area contributed by atoms with E-state index in [2.05, 4.69) is 34.1 Å². The molecule has 0 aliphatic rings. The lowest BCUT2D eigenvalue weighted by Crippen LogP contribution is -2.00. The summed E-state index contributed by atoms with van der Waals surface area (Å²) in [5, 5.41) is 6.21. The van der Waals surface area contributed by atoms with Gasteiger partial charge in [0.1, 0.15) is 17.9 Å². The number of hydrogen-bond acceptors (Lipinski definition) is 5. The Hall–Kier alpha value is -2.56. The molecule has 0 saturated carbocycles. The first-order valence-corrected chi connectivity index (χ1v) is 6.93. The average Bonchev–Trinajstić information content (AvgIpc) is 2.48. The van der Waals surface area contributed by atoms with Crippen molar-refractivity contribution >= 4 is 11.5 Å². The maximum atomic E-state index is 5.71. The summed E-state index contributed by atoms with van der Waals surface area (Å²) in [7, 11) is 1.88. The SMILES string of the molecule is C=C(CCC)Nc1cc(Oc2ccc(NC)cc2)ncn1. The molecular formula is C16H20N4O. The fourth-order valence-electron chi connectivity index (χ4n) is 1.82. The maximum Gasteiger partial charge on any atom is 0.224 e. The van der Waals surface area contributed by atoms with Crippen LogP contribution >= 0.6 is 0 Å². The minimum absolute atomic E-state index is 0.494. The van der Waals surface area contributed by atoms with Gasteiger partial charge in [-0.2, -0.15) is 0 Å². The molecular weight excluding hydrogens is 264 g/mol. The molecule has 0 amide bonds. The van der Waals surface area contributed by atoms with Gasteiger partial charge in [0.25, 0.3) is 0 Å². The zero-order valence-corrected chi connectivity index (χ0v) is 12.4. The van der Waals surface area contributed by atoms with Gasteiger partial charge in [-0.1, -0.05) is 19.9 Å². The molecule has 1 aromatic heterocycles. The Labute approximate surface area is 125 Å². The molecule has 0 bridgehead atoms. The molecule has 1 aromatic carbocycles. The topological polar surface area (TPSA) is 59.1 Å². The third-order valence-electron chi connectivity index (χ3n) is 2.86. The standard InChI is InChI=1S/C16H20N4O/c1-4-5-12(2)20-15-10-16(19-11-18-15)21-14-8-6-13(17-3)7-9-14/h6-11,17H,2,4-5H2,1,3H3,(H,18,19,20). The number of benzene rings is 1. The van der Waals surface area contributed by atoms with Gasteiger partial charge in [0.15, 0.2) is 0 Å². The molecule has 2 N–H and O–H groups in total. The van der Waals surface area contributed by atoms with E-state index in [4.69, 9.17) is 4.74 Å². The van der Waals surface area contributed by atoms with E-state index in [1.54, 1.807) is 6.07 Å². The number of anilines is 2. The van der Waals surface area contributed by atoms with Crippen molar-refractivity contribution in [2.24, 2.45) is 0 Å². The summed E-state index contributed by atoms with van der Waals surface area (Å²) in [6.07, 6.45) is 3.42. The van der Waals surface area contributed by atoms with E-state index in [9.17, 15) is 0 Å². The second kappa shape index (κ2) is 7.28. The van der Waals surface area contributed by atoms with Crippen LogP contribution in [0.25, 0.3) is 0 Å². The second-order valence-electron chi connectivity index (χ2n) is 4.60. The third-order valence-corrected chi connectivity index (χ3v) is 2.86. The van der Waals surface area contributed by atoms with Gasteiger partial charge in [0.2, 0.25) is 5.88 Å². The predicted molar refractivity (Wildman–Crippen MR) is 85.8 cm³/mol. The molecule has 0 aliphatic carbocycles. The fraction of sp³-hybridized carbons (Fsp3) is 0.250. The van der Waals surface area contributed by atoms with Crippen molar-refractivity contribution in [1.82, 2.24) is 9.97 Å². The Bertz CT molecular complexity index is 595. The zero-order chi connectivity index (χ0) is 15.1. The second-order valence-corrected chi connectivity index (χ2v) is 4.60. The highest BCUT2D eigenvalue weighted by molar-refractivity contribution is 5.47. The summed E-state index contributed by atoms with van der Waals surface area (Å²) in [4.78, 5) is 8.27. The molecule has 0 unspecified atom stereocenters. The van der Waals surface area contributed by atoms with Crippen LogP contribution in [0.15, 0.2) is 48.9 Å². The van der Waals surface area contributed by atoms with Gasteiger partial charge in [-0.15, -0.1) is 0 Å². The summed E-state index contributed by atoms with van der Waals surface area (Å²) in [5.41, 5.74) is 1.96. The summed E-state index contributed by atoms with van der Waals surface area (Å²) < 4.78 is 5.71. The van der Waals surface area contributed by atoms with Crippen LogP contribution in [0.5, 0.6) is 11.6 Å². The summed E-state index contributed by atoms with van der Waals surface area (Å²) in [6.45, 7) is 6.06. The van der Waals surface area contributed by atoms with Crippen molar-refractivity contribution in [1.29, 1.82) is 0 Å². The Morgan fingerprint density at radius 1 is 1.24 bits per heavy atom. The van der Waals surface area contributed by atoms with Crippen LogP contribution in [0.2, 0.25) is 0 Å². The predicted octanol–water partition coefficient (Wildman–Crippen LogP) is 4.04. The number of nitrogens with one attached hydrogen (secondary N) is 2. The van der Waals surface area contributed by atoms with Crippen molar-refractivity contribution < 1.29 is 4.74 Å². The van der Waals surface area contributed by atoms with Crippen molar-refractivity contribution in [3.05, 3.63) is 48.9 Å². The zero-order valence-electron chi connectivity index (χ0n) is 12.4. The molecule has 5 heteroatoms. The molecule has 2 rings (SSSR count). The van der Waals surface area contributed by atoms with E-state index in [1.807, 2.05) is 31.3 Å². The molecule has 1 heterocycles. The monoisotopic (exact) mass is 284 g/mol. The van der Waals surface area contributed by atoms with E-state index in [0.717, 1.165) is 30.0 Å². The van der Waals surface area contributed by atoms with Crippen molar-refractivity contribution in [2.45, 2.75) is 19.8 Å². The Morgan fingerprint density at radius 3 is 2.67 bits per heavy atom. The molecule has 0 atom stereocenters. The number of aromatic nitrogens is 2. The minimum atomic E-state index is 0.494. The highest BCUT2D eigenvalue weighted by Gasteiger charge is 2.03. The quantitative estimate of drug-likeness (QED) is 0.803. The number of allylic oxidation sites excluding steroid dienone is 1. The normalized spacial score (nSPS) is 10.0. The molecule has 0 aliphatic heterocycles. The molecule has 21 heavy (non-hydrogen) atoms. The molecule has 0 spiro atoms. The van der Waals surface area contributed by atoms with Crippen LogP contribution in [0.4, 0.5) is 11.5 Å². The third kappa shape index (κ3) is 4.49. The van der Waals surface area contributed by atoms with Gasteiger partial charge in [-0.05, 0) is 30.7 Å². The van der Waals surface area contributed by atoms with E-state index < -0.39 is 0 Å². The highest BCUT2D eigenvalue weighted by atomic mass is 16.5. The molecule has 2 aromatic rings. The first-order chi connectivity index (χ1) is 10.2. The van der Waals surface area contributed by atoms with Crippen molar-refractivity contribution in [3.8, 4) is 11.6 Å². The van der Waals surface area contributed by atoms with Gasteiger partial charge in [-0.3, -0.25) is 0 Å². The largest absolute Gasteiger partial charge is 0.439 e. The molecule has 110 valence electrons. The molecule has 5 nitrogen and oxygen atoms in total. The van der Waals surface area contributed by atoms with E-state index in [1.165, 1.54) is 6.33 Å². The Balaban J connectivity index is 2.04. The lowest BCUT2D eigenvalue weighted by atomic mass is 10.3. The van der Waals surface area contributed by atoms with Gasteiger partial charge in [-0.25, -0.2) is 9.97 Å². The number of hydrogen-bond donors (Lipinski definition) is 2. The van der Waals surface area contributed by atoms with Crippen LogP contribution < -0.4 is 15.4 Å². The van der Waals surface area contributed by atoms with Gasteiger partial charge >= 0.3 is 0 Å². The number of ether oxygens (including phenoxy) is 1. The minimum Gasteiger partial charge on any atom is -0.439 e. The van der Waals surface area contributed by atoms with E-state index >= 15 is 0 Å². The van der Waals surface area contributed by atoms with Crippen molar-refractivity contribution in [2.75, 3.05) is 17.7 Å². The van der Waals surface area contributed by atoms with Crippen LogP contribution in [0, 0.1) is 0 Å². The van der Waals surface area contributed by atoms with E-state index in [-0.39, 0.29) is 0 Å². The fourth-order valence-corrected chi connectivity index (χ4v) is 1.82. The van der Waals surface area contributed by atoms with Crippen molar-refractivity contribution in [3.63, 3.8) is 0 Å². The lowest BCUT2D eigenvalue weighted by Gasteiger charge is -2.09. The van der Waals surface area contributed by atoms with Gasteiger partial charge in [0.05, 0.1) is 0 Å². The lowest BCUT2D eigenvalue weighted by molar-refractivity contribution is 0.462. The van der Waals surface area contributed by atoms with Crippen LogP contribution in [0.1, 0.15) is 19.8 Å². The van der Waals surface area contributed by atoms with E-state index in [0.29, 0.717) is 11.7 Å².